The minimum Gasteiger partial charge on any atom is -0.506 e. The van der Waals surface area contributed by atoms with Crippen LogP contribution in [0.1, 0.15) is 42.9 Å². The molecule has 0 saturated heterocycles. The second-order valence-electron chi connectivity index (χ2n) is 5.33. The third-order valence-corrected chi connectivity index (χ3v) is 4.47. The molecule has 4 heteroatoms. The van der Waals surface area contributed by atoms with Crippen LogP contribution in [0.15, 0.2) is 10.5 Å². The van der Waals surface area contributed by atoms with Gasteiger partial charge in [-0.15, -0.1) is 0 Å². The predicted octanol–water partition coefficient (Wildman–Crippen LogP) is 3.69. The van der Waals surface area contributed by atoms with Gasteiger partial charge in [-0.2, -0.15) is 0 Å². The maximum absolute atomic E-state index is 11.0. The number of aryl methyl sites for hydroxylation is 1. The summed E-state index contributed by atoms with van der Waals surface area (Å²) in [5.41, 5.74) is 3.25. The first-order valence-electron chi connectivity index (χ1n) is 6.75. The topological polar surface area (TPSA) is 57.5 Å². The highest BCUT2D eigenvalue weighted by molar-refractivity contribution is 9.10. The van der Waals surface area contributed by atoms with Crippen LogP contribution in [0.4, 0.5) is 0 Å². The molecule has 0 heterocycles. The first kappa shape index (κ1) is 14.4. The van der Waals surface area contributed by atoms with Crippen LogP contribution in [0, 0.1) is 5.92 Å². The molecule has 19 heavy (non-hydrogen) atoms. The fourth-order valence-electron chi connectivity index (χ4n) is 2.73. The first-order valence-corrected chi connectivity index (χ1v) is 7.55. The Morgan fingerprint density at radius 1 is 1.37 bits per heavy atom. The molecule has 2 rings (SSSR count). The zero-order chi connectivity index (χ0) is 14.0. The predicted molar refractivity (Wildman–Crippen MR) is 77.6 cm³/mol. The molecule has 0 aliphatic heterocycles. The van der Waals surface area contributed by atoms with Crippen LogP contribution in [-0.4, -0.2) is 16.2 Å². The standard InChI is InChI=1S/C15H19BrO3/c1-9(15(18)19)7-12-11-6-4-2-3-5-10(11)8-13(16)14(12)17/h8-9,17H,2-7H2,1H3,(H,18,19). The van der Waals surface area contributed by atoms with Gasteiger partial charge in [0, 0.05) is 0 Å². The van der Waals surface area contributed by atoms with Crippen molar-refractivity contribution in [2.45, 2.75) is 45.4 Å². The van der Waals surface area contributed by atoms with Crippen LogP contribution in [0.3, 0.4) is 0 Å². The summed E-state index contributed by atoms with van der Waals surface area (Å²) in [7, 11) is 0. The van der Waals surface area contributed by atoms with E-state index in [1.165, 1.54) is 17.5 Å². The normalized spacial score (nSPS) is 16.5. The molecular formula is C15H19BrO3. The van der Waals surface area contributed by atoms with Crippen molar-refractivity contribution < 1.29 is 15.0 Å². The number of hydrogen-bond donors (Lipinski definition) is 2. The van der Waals surface area contributed by atoms with Crippen LogP contribution in [0.2, 0.25) is 0 Å². The second kappa shape index (κ2) is 5.95. The molecule has 1 aliphatic carbocycles. The number of aromatic hydroxyl groups is 1. The Hall–Kier alpha value is -1.03. The lowest BCUT2D eigenvalue weighted by Crippen LogP contribution is -2.14. The van der Waals surface area contributed by atoms with Crippen molar-refractivity contribution in [2.75, 3.05) is 0 Å². The van der Waals surface area contributed by atoms with E-state index in [0.717, 1.165) is 31.2 Å². The van der Waals surface area contributed by atoms with E-state index in [0.29, 0.717) is 10.9 Å². The molecule has 0 fully saturated rings. The van der Waals surface area contributed by atoms with E-state index in [-0.39, 0.29) is 5.75 Å². The van der Waals surface area contributed by atoms with E-state index in [2.05, 4.69) is 15.9 Å². The van der Waals surface area contributed by atoms with E-state index >= 15 is 0 Å². The number of fused-ring (bicyclic) bond motifs is 1. The maximum Gasteiger partial charge on any atom is 0.306 e. The van der Waals surface area contributed by atoms with E-state index in [4.69, 9.17) is 5.11 Å². The van der Waals surface area contributed by atoms with Crippen molar-refractivity contribution in [3.05, 3.63) is 27.2 Å². The second-order valence-corrected chi connectivity index (χ2v) is 6.18. The molecule has 0 radical (unpaired) electrons. The molecule has 0 aromatic heterocycles. The van der Waals surface area contributed by atoms with Crippen molar-refractivity contribution in [1.29, 1.82) is 0 Å². The van der Waals surface area contributed by atoms with Gasteiger partial charge >= 0.3 is 5.97 Å². The van der Waals surface area contributed by atoms with Gasteiger partial charge in [-0.05, 0) is 70.8 Å². The number of rotatable bonds is 3. The van der Waals surface area contributed by atoms with Crippen molar-refractivity contribution in [2.24, 2.45) is 5.92 Å². The summed E-state index contributed by atoms with van der Waals surface area (Å²) in [5, 5.41) is 19.3. The van der Waals surface area contributed by atoms with E-state index in [9.17, 15) is 9.90 Å². The van der Waals surface area contributed by atoms with Crippen molar-refractivity contribution in [3.8, 4) is 5.75 Å². The van der Waals surface area contributed by atoms with Gasteiger partial charge < -0.3 is 10.2 Å². The van der Waals surface area contributed by atoms with Gasteiger partial charge in [0.2, 0.25) is 0 Å². The average molecular weight is 327 g/mol. The first-order chi connectivity index (χ1) is 9.00. The van der Waals surface area contributed by atoms with Gasteiger partial charge in [-0.25, -0.2) is 0 Å². The smallest absolute Gasteiger partial charge is 0.306 e. The van der Waals surface area contributed by atoms with Crippen molar-refractivity contribution in [3.63, 3.8) is 0 Å². The van der Waals surface area contributed by atoms with Crippen molar-refractivity contribution >= 4 is 21.9 Å². The fourth-order valence-corrected chi connectivity index (χ4v) is 3.25. The number of carboxylic acids is 1. The lowest BCUT2D eigenvalue weighted by atomic mass is 9.90. The van der Waals surface area contributed by atoms with Crippen LogP contribution in [0.25, 0.3) is 0 Å². The molecule has 3 nitrogen and oxygen atoms in total. The van der Waals surface area contributed by atoms with Gasteiger partial charge in [0.15, 0.2) is 0 Å². The third kappa shape index (κ3) is 3.11. The monoisotopic (exact) mass is 326 g/mol. The van der Waals surface area contributed by atoms with Crippen LogP contribution in [-0.2, 0) is 24.1 Å². The van der Waals surface area contributed by atoms with Gasteiger partial charge in [0.05, 0.1) is 10.4 Å². The SMILES string of the molecule is CC(Cc1c(O)c(Br)cc2c1CCCCC2)C(=O)O. The minimum absolute atomic E-state index is 0.216. The number of hydrogen-bond acceptors (Lipinski definition) is 2. The van der Waals surface area contributed by atoms with Crippen LogP contribution < -0.4 is 0 Å². The molecule has 1 atom stereocenters. The largest absolute Gasteiger partial charge is 0.506 e. The number of halogens is 1. The summed E-state index contributed by atoms with van der Waals surface area (Å²) in [6, 6.07) is 1.99. The number of aliphatic carboxylic acids is 1. The number of phenolic OH excluding ortho intramolecular Hbond substituents is 1. The molecule has 1 aliphatic rings. The summed E-state index contributed by atoms with van der Waals surface area (Å²) < 4.78 is 0.681. The Morgan fingerprint density at radius 2 is 2.05 bits per heavy atom. The Labute approximate surface area is 121 Å². The third-order valence-electron chi connectivity index (χ3n) is 3.87. The molecule has 104 valence electrons. The summed E-state index contributed by atoms with van der Waals surface area (Å²) in [4.78, 5) is 11.0. The number of carbonyl (C=O) groups is 1. The Morgan fingerprint density at radius 3 is 2.74 bits per heavy atom. The minimum atomic E-state index is -0.818. The van der Waals surface area contributed by atoms with Crippen LogP contribution >= 0.6 is 15.9 Å². The van der Waals surface area contributed by atoms with Gasteiger partial charge in [0.25, 0.3) is 0 Å². The summed E-state index contributed by atoms with van der Waals surface area (Å²) in [6.45, 7) is 1.69. The highest BCUT2D eigenvalue weighted by atomic mass is 79.9. The molecule has 1 unspecified atom stereocenters. The van der Waals surface area contributed by atoms with Crippen molar-refractivity contribution in [1.82, 2.24) is 0 Å². The van der Waals surface area contributed by atoms with Gasteiger partial charge in [-0.3, -0.25) is 4.79 Å². The average Bonchev–Trinajstić information content (AvgIpc) is 2.59. The number of benzene rings is 1. The van der Waals surface area contributed by atoms with E-state index in [1.807, 2.05) is 6.07 Å². The summed E-state index contributed by atoms with van der Waals surface area (Å²) in [5.74, 6) is -1.08. The highest BCUT2D eigenvalue weighted by Crippen LogP contribution is 2.37. The molecule has 0 amide bonds. The zero-order valence-electron chi connectivity index (χ0n) is 11.1. The fraction of sp³-hybridized carbons (Fsp3) is 0.533. The lowest BCUT2D eigenvalue weighted by Gasteiger charge is -2.17. The highest BCUT2D eigenvalue weighted by Gasteiger charge is 2.22. The Bertz CT molecular complexity index is 497. The maximum atomic E-state index is 11.0. The quantitative estimate of drug-likeness (QED) is 0.833. The number of phenols is 1. The molecular weight excluding hydrogens is 308 g/mol. The van der Waals surface area contributed by atoms with Crippen LogP contribution in [0.5, 0.6) is 5.75 Å². The van der Waals surface area contributed by atoms with E-state index < -0.39 is 11.9 Å². The lowest BCUT2D eigenvalue weighted by molar-refractivity contribution is -0.141. The summed E-state index contributed by atoms with van der Waals surface area (Å²) >= 11 is 3.38. The van der Waals surface area contributed by atoms with Gasteiger partial charge in [-0.1, -0.05) is 13.3 Å². The molecule has 0 bridgehead atoms. The van der Waals surface area contributed by atoms with Gasteiger partial charge in [0.1, 0.15) is 5.75 Å². The zero-order valence-corrected chi connectivity index (χ0v) is 12.7. The summed E-state index contributed by atoms with van der Waals surface area (Å²) in [6.07, 6.45) is 5.82. The molecule has 1 aromatic carbocycles. The molecule has 0 spiro atoms. The van der Waals surface area contributed by atoms with E-state index in [1.54, 1.807) is 6.92 Å². The molecule has 1 aromatic rings. The molecule has 2 N–H and O–H groups in total. The molecule has 0 saturated carbocycles. The Balaban J connectivity index is 2.45. The Kier molecular flexibility index (Phi) is 4.50. The number of carboxylic acid groups (broad SMARTS) is 1.